The first kappa shape index (κ1) is 25.1. The number of amides is 1. The Labute approximate surface area is 225 Å². The van der Waals surface area contributed by atoms with Crippen molar-refractivity contribution in [3.63, 3.8) is 0 Å². The maximum atomic E-state index is 14.9. The van der Waals surface area contributed by atoms with Gasteiger partial charge in [-0.3, -0.25) is 9.59 Å². The number of carbonyl (C=O) groups excluding carboxylic acids is 2. The molecule has 0 radical (unpaired) electrons. The topological polar surface area (TPSA) is 99.2 Å². The van der Waals surface area contributed by atoms with Crippen LogP contribution in [0.4, 0.5) is 4.39 Å². The molecule has 0 bridgehead atoms. The Morgan fingerprint density at radius 2 is 1.92 bits per heavy atom. The average molecular weight is 525 g/mol. The second-order valence-electron chi connectivity index (χ2n) is 10.4. The minimum absolute atomic E-state index is 0.0493. The SMILES string of the molecule is Cc1c(CC(=O)c2ccc(C3CC3)cc2)cc(F)cc1-c1ncnc2[nH]c(C3=CCN(C(=O)CO)CC3)cc12. The second-order valence-corrected chi connectivity index (χ2v) is 10.4. The molecule has 1 aliphatic carbocycles. The van der Waals surface area contributed by atoms with Gasteiger partial charge in [0.05, 0.1) is 5.69 Å². The van der Waals surface area contributed by atoms with Gasteiger partial charge in [-0.25, -0.2) is 14.4 Å². The van der Waals surface area contributed by atoms with Gasteiger partial charge in [0.2, 0.25) is 5.91 Å². The standard InChI is InChI=1S/C31H29FN4O3/c1-18-23(13-28(38)22-6-4-20(5-7-22)19-2-3-19)12-24(32)14-25(18)30-26-15-27(35-31(26)34-17-33-30)21-8-10-36(11-9-21)29(39)16-37/h4-8,12,14-15,17,19,37H,2-3,9-11,13,16H2,1H3,(H,33,34,35). The molecule has 198 valence electrons. The van der Waals surface area contributed by atoms with E-state index in [0.29, 0.717) is 53.5 Å². The Morgan fingerprint density at radius 3 is 2.62 bits per heavy atom. The van der Waals surface area contributed by atoms with Crippen molar-refractivity contribution >= 4 is 28.3 Å². The summed E-state index contributed by atoms with van der Waals surface area (Å²) in [5.74, 6) is -0.137. The zero-order valence-corrected chi connectivity index (χ0v) is 21.7. The van der Waals surface area contributed by atoms with Crippen molar-refractivity contribution in [2.75, 3.05) is 19.7 Å². The van der Waals surface area contributed by atoms with Crippen LogP contribution in [0.3, 0.4) is 0 Å². The summed E-state index contributed by atoms with van der Waals surface area (Å²) in [5.41, 5.74) is 7.08. The first-order chi connectivity index (χ1) is 18.9. The van der Waals surface area contributed by atoms with Crippen molar-refractivity contribution in [1.82, 2.24) is 19.9 Å². The fourth-order valence-corrected chi connectivity index (χ4v) is 5.37. The van der Waals surface area contributed by atoms with Crippen molar-refractivity contribution in [3.05, 3.63) is 88.6 Å². The van der Waals surface area contributed by atoms with Gasteiger partial charge >= 0.3 is 0 Å². The first-order valence-corrected chi connectivity index (χ1v) is 13.3. The van der Waals surface area contributed by atoms with E-state index in [0.717, 1.165) is 22.2 Å². The number of Topliss-reactive ketones (excluding diaryl/α,β-unsaturated/α-hetero) is 1. The Bertz CT molecular complexity index is 1620. The van der Waals surface area contributed by atoms with Crippen molar-refractivity contribution in [3.8, 4) is 11.3 Å². The number of aliphatic hydroxyl groups is 1. The number of aromatic nitrogens is 3. The predicted molar refractivity (Wildman–Crippen MR) is 147 cm³/mol. The summed E-state index contributed by atoms with van der Waals surface area (Å²) >= 11 is 0. The number of aliphatic hydroxyl groups excluding tert-OH is 1. The summed E-state index contributed by atoms with van der Waals surface area (Å²) < 4.78 is 14.9. The normalized spacial score (nSPS) is 15.5. The van der Waals surface area contributed by atoms with Gasteiger partial charge in [0, 0.05) is 41.7 Å². The Balaban J connectivity index is 1.30. The van der Waals surface area contributed by atoms with E-state index >= 15 is 0 Å². The lowest BCUT2D eigenvalue weighted by Crippen LogP contribution is -2.36. The van der Waals surface area contributed by atoms with Crippen molar-refractivity contribution in [1.29, 1.82) is 0 Å². The quantitative estimate of drug-likeness (QED) is 0.332. The van der Waals surface area contributed by atoms with Crippen LogP contribution in [0.2, 0.25) is 0 Å². The van der Waals surface area contributed by atoms with Gasteiger partial charge in [-0.1, -0.05) is 30.3 Å². The van der Waals surface area contributed by atoms with Crippen LogP contribution in [0.25, 0.3) is 27.9 Å². The number of benzene rings is 2. The molecule has 8 heteroatoms. The van der Waals surface area contributed by atoms with E-state index in [9.17, 15) is 14.0 Å². The molecule has 0 atom stereocenters. The van der Waals surface area contributed by atoms with E-state index in [4.69, 9.17) is 5.11 Å². The molecule has 1 aliphatic heterocycles. The number of nitrogens with one attached hydrogen (secondary N) is 1. The molecule has 1 amide bonds. The molecule has 1 saturated carbocycles. The highest BCUT2D eigenvalue weighted by Crippen LogP contribution is 2.40. The van der Waals surface area contributed by atoms with E-state index in [1.807, 2.05) is 43.3 Å². The minimum Gasteiger partial charge on any atom is -0.387 e. The third-order valence-electron chi connectivity index (χ3n) is 7.84. The van der Waals surface area contributed by atoms with Gasteiger partial charge in [-0.2, -0.15) is 0 Å². The van der Waals surface area contributed by atoms with Crippen molar-refractivity contribution in [2.24, 2.45) is 0 Å². The van der Waals surface area contributed by atoms with Crippen molar-refractivity contribution < 1.29 is 19.1 Å². The van der Waals surface area contributed by atoms with Crippen LogP contribution in [0.1, 0.15) is 57.9 Å². The third-order valence-corrected chi connectivity index (χ3v) is 7.84. The number of H-pyrrole nitrogens is 1. The highest BCUT2D eigenvalue weighted by Gasteiger charge is 2.24. The van der Waals surface area contributed by atoms with E-state index in [1.165, 1.54) is 36.9 Å². The van der Waals surface area contributed by atoms with E-state index in [1.54, 1.807) is 4.90 Å². The molecule has 2 aliphatic rings. The van der Waals surface area contributed by atoms with Crippen LogP contribution in [0.5, 0.6) is 0 Å². The smallest absolute Gasteiger partial charge is 0.248 e. The van der Waals surface area contributed by atoms with Crippen LogP contribution < -0.4 is 0 Å². The van der Waals surface area contributed by atoms with Crippen molar-refractivity contribution in [2.45, 2.75) is 38.5 Å². The van der Waals surface area contributed by atoms with E-state index < -0.39 is 12.4 Å². The van der Waals surface area contributed by atoms with Crippen LogP contribution in [0, 0.1) is 12.7 Å². The number of hydrogen-bond acceptors (Lipinski definition) is 5. The van der Waals surface area contributed by atoms with Crippen LogP contribution in [0.15, 0.2) is 54.9 Å². The molecule has 0 saturated heterocycles. The maximum Gasteiger partial charge on any atom is 0.248 e. The molecule has 2 aromatic heterocycles. The molecule has 0 spiro atoms. The second kappa shape index (κ2) is 10.2. The fraction of sp³-hybridized carbons (Fsp3) is 0.290. The Kier molecular flexibility index (Phi) is 6.56. The monoisotopic (exact) mass is 524 g/mol. The highest BCUT2D eigenvalue weighted by molar-refractivity contribution is 5.99. The lowest BCUT2D eigenvalue weighted by Gasteiger charge is -2.25. The molecule has 1 fully saturated rings. The van der Waals surface area contributed by atoms with Gasteiger partial charge in [0.1, 0.15) is 24.4 Å². The number of ketones is 1. The van der Waals surface area contributed by atoms with Gasteiger partial charge in [0.25, 0.3) is 0 Å². The largest absolute Gasteiger partial charge is 0.387 e. The third kappa shape index (κ3) is 5.00. The fourth-order valence-electron chi connectivity index (χ4n) is 5.37. The summed E-state index contributed by atoms with van der Waals surface area (Å²) in [6.45, 7) is 2.34. The molecule has 7 nitrogen and oxygen atoms in total. The minimum atomic E-state index is -0.498. The molecule has 4 aromatic rings. The number of hydrogen-bond donors (Lipinski definition) is 2. The highest BCUT2D eigenvalue weighted by atomic mass is 19.1. The first-order valence-electron chi connectivity index (χ1n) is 13.3. The Hall–Kier alpha value is -4.17. The lowest BCUT2D eigenvalue weighted by molar-refractivity contribution is -0.133. The molecule has 2 N–H and O–H groups in total. The van der Waals surface area contributed by atoms with Gasteiger partial charge in [-0.15, -0.1) is 0 Å². The van der Waals surface area contributed by atoms with Crippen LogP contribution in [-0.2, 0) is 11.2 Å². The number of fused-ring (bicyclic) bond motifs is 1. The molecular formula is C31H29FN4O3. The molecule has 3 heterocycles. The number of rotatable bonds is 7. The van der Waals surface area contributed by atoms with E-state index in [-0.39, 0.29) is 18.1 Å². The van der Waals surface area contributed by atoms with Gasteiger partial charge in [0.15, 0.2) is 5.78 Å². The lowest BCUT2D eigenvalue weighted by atomic mass is 9.93. The van der Waals surface area contributed by atoms with Crippen LogP contribution in [-0.4, -0.2) is 56.3 Å². The summed E-state index contributed by atoms with van der Waals surface area (Å²) in [5, 5.41) is 9.88. The summed E-state index contributed by atoms with van der Waals surface area (Å²) in [4.78, 5) is 38.7. The molecule has 2 aromatic carbocycles. The molecular weight excluding hydrogens is 495 g/mol. The van der Waals surface area contributed by atoms with Crippen LogP contribution >= 0.6 is 0 Å². The molecule has 6 rings (SSSR count). The summed E-state index contributed by atoms with van der Waals surface area (Å²) in [6, 6.07) is 12.7. The predicted octanol–water partition coefficient (Wildman–Crippen LogP) is 4.98. The van der Waals surface area contributed by atoms with E-state index in [2.05, 4.69) is 15.0 Å². The number of aromatic amines is 1. The molecule has 39 heavy (non-hydrogen) atoms. The Morgan fingerprint density at radius 1 is 1.13 bits per heavy atom. The number of carbonyl (C=O) groups is 2. The maximum absolute atomic E-state index is 14.9. The summed E-state index contributed by atoms with van der Waals surface area (Å²) in [7, 11) is 0. The molecule has 0 unspecified atom stereocenters. The van der Waals surface area contributed by atoms with Gasteiger partial charge < -0.3 is 15.0 Å². The zero-order valence-electron chi connectivity index (χ0n) is 21.7. The number of nitrogens with zero attached hydrogens (tertiary/aromatic N) is 3. The van der Waals surface area contributed by atoms with Gasteiger partial charge in [-0.05, 0) is 72.6 Å². The number of halogens is 1. The zero-order chi connectivity index (χ0) is 27.1. The summed E-state index contributed by atoms with van der Waals surface area (Å²) in [6.07, 6.45) is 6.56. The average Bonchev–Trinajstić information content (AvgIpc) is 3.72.